The molecule has 1 heterocycles. The van der Waals surface area contributed by atoms with Gasteiger partial charge in [0, 0.05) is 22.3 Å². The number of benzene rings is 3. The molecule has 3 atom stereocenters. The maximum absolute atomic E-state index is 12.5. The molecule has 1 N–H and O–H groups in total. The summed E-state index contributed by atoms with van der Waals surface area (Å²) < 4.78 is 6.33. The molecule has 6 rings (SSSR count). The lowest BCUT2D eigenvalue weighted by Crippen LogP contribution is -2.36. The zero-order valence-corrected chi connectivity index (χ0v) is 16.3. The summed E-state index contributed by atoms with van der Waals surface area (Å²) in [5.74, 6) is 0.283. The molecule has 2 nitrogen and oxygen atoms in total. The van der Waals surface area contributed by atoms with Crippen LogP contribution in [0.4, 0.5) is 0 Å². The normalized spacial score (nSPS) is 25.7. The number of allylic oxidation sites excluding steroid dienone is 3. The summed E-state index contributed by atoms with van der Waals surface area (Å²) in [5.41, 5.74) is 4.73. The first kappa shape index (κ1) is 16.8. The average Bonchev–Trinajstić information content (AvgIpc) is 3.17. The molecule has 2 heteroatoms. The van der Waals surface area contributed by atoms with Crippen LogP contribution in [0, 0.1) is 11.8 Å². The van der Waals surface area contributed by atoms with Crippen molar-refractivity contribution in [2.75, 3.05) is 0 Å². The predicted octanol–water partition coefficient (Wildman–Crippen LogP) is 6.43. The molecule has 0 saturated heterocycles. The fraction of sp³-hybridized carbons (Fsp3) is 0.185. The van der Waals surface area contributed by atoms with Gasteiger partial charge in [0.25, 0.3) is 0 Å². The van der Waals surface area contributed by atoms with Crippen LogP contribution in [0.5, 0.6) is 0 Å². The maximum Gasteiger partial charge on any atom is 0.141 e. The van der Waals surface area contributed by atoms with Crippen LogP contribution in [0.3, 0.4) is 0 Å². The molecule has 3 unspecified atom stereocenters. The second-order valence-electron chi connectivity index (χ2n) is 8.33. The van der Waals surface area contributed by atoms with Crippen LogP contribution in [0.25, 0.3) is 27.5 Å². The molecule has 142 valence electrons. The molecule has 0 spiro atoms. The lowest BCUT2D eigenvalue weighted by Gasteiger charge is -2.35. The summed E-state index contributed by atoms with van der Waals surface area (Å²) in [6, 6.07) is 22.6. The van der Waals surface area contributed by atoms with Crippen molar-refractivity contribution in [2.45, 2.75) is 18.9 Å². The lowest BCUT2D eigenvalue weighted by molar-refractivity contribution is 0.0282. The first-order chi connectivity index (χ1) is 14.2. The Morgan fingerprint density at radius 3 is 2.59 bits per heavy atom. The third-order valence-corrected chi connectivity index (χ3v) is 6.74. The third-order valence-electron chi connectivity index (χ3n) is 6.74. The van der Waals surface area contributed by atoms with Crippen molar-refractivity contribution in [2.24, 2.45) is 11.8 Å². The summed E-state index contributed by atoms with van der Waals surface area (Å²) in [4.78, 5) is 0. The second-order valence-corrected chi connectivity index (χ2v) is 8.33. The smallest absolute Gasteiger partial charge is 0.141 e. The molecule has 0 radical (unpaired) electrons. The standard InChI is InChI=1S/C27H22O2/c1-17-9-2-3-12-20-18-10-4-6-14-22(18)27(28,25(17)20)23-15-8-13-21-19-11-5-7-16-24(19)29-26(21)23/h2-8,10-17,25,28H,9H2,1H3. The predicted molar refractivity (Wildman–Crippen MR) is 118 cm³/mol. The third kappa shape index (κ3) is 2.15. The molecule has 29 heavy (non-hydrogen) atoms. The molecule has 2 aliphatic carbocycles. The number of aliphatic hydroxyl groups is 1. The van der Waals surface area contributed by atoms with Gasteiger partial charge < -0.3 is 9.52 Å². The van der Waals surface area contributed by atoms with E-state index in [0.717, 1.165) is 45.0 Å². The Bertz CT molecular complexity index is 1320. The summed E-state index contributed by atoms with van der Waals surface area (Å²) >= 11 is 0. The van der Waals surface area contributed by atoms with Crippen molar-refractivity contribution in [1.29, 1.82) is 0 Å². The SMILES string of the molecule is CC1CC=CC=C2c3ccccc3C(O)(c3cccc4c3oc3ccccc34)C21. The van der Waals surface area contributed by atoms with E-state index in [2.05, 4.69) is 55.5 Å². The first-order valence-electron chi connectivity index (χ1n) is 10.3. The van der Waals surface area contributed by atoms with E-state index in [1.807, 2.05) is 36.4 Å². The van der Waals surface area contributed by atoms with E-state index in [0.29, 0.717) is 5.92 Å². The number of rotatable bonds is 1. The van der Waals surface area contributed by atoms with E-state index in [4.69, 9.17) is 4.42 Å². The minimum Gasteiger partial charge on any atom is -0.456 e. The van der Waals surface area contributed by atoms with Crippen LogP contribution < -0.4 is 0 Å². The van der Waals surface area contributed by atoms with Gasteiger partial charge >= 0.3 is 0 Å². The molecule has 3 aromatic carbocycles. The molecule has 0 aliphatic heterocycles. The van der Waals surface area contributed by atoms with Gasteiger partial charge in [-0.2, -0.15) is 0 Å². The molecule has 4 aromatic rings. The minimum absolute atomic E-state index is 0.0197. The second kappa shape index (κ2) is 5.95. The highest BCUT2D eigenvalue weighted by Gasteiger charge is 2.52. The van der Waals surface area contributed by atoms with E-state index < -0.39 is 5.60 Å². The molecular weight excluding hydrogens is 356 g/mol. The van der Waals surface area contributed by atoms with E-state index in [1.165, 1.54) is 5.57 Å². The Morgan fingerprint density at radius 1 is 0.897 bits per heavy atom. The molecule has 1 aromatic heterocycles. The lowest BCUT2D eigenvalue weighted by atomic mass is 9.73. The van der Waals surface area contributed by atoms with Gasteiger partial charge in [-0.25, -0.2) is 0 Å². The van der Waals surface area contributed by atoms with Crippen molar-refractivity contribution in [3.05, 3.63) is 102 Å². The van der Waals surface area contributed by atoms with Gasteiger partial charge in [0.1, 0.15) is 16.8 Å². The van der Waals surface area contributed by atoms with Gasteiger partial charge in [0.15, 0.2) is 0 Å². The molecule has 0 saturated carbocycles. The van der Waals surface area contributed by atoms with Crippen molar-refractivity contribution in [3.63, 3.8) is 0 Å². The number of para-hydroxylation sites is 2. The van der Waals surface area contributed by atoms with E-state index >= 15 is 0 Å². The van der Waals surface area contributed by atoms with Crippen LogP contribution in [0.15, 0.2) is 89.4 Å². The fourth-order valence-electron chi connectivity index (χ4n) is 5.50. The van der Waals surface area contributed by atoms with Crippen LogP contribution in [-0.2, 0) is 5.60 Å². The zero-order valence-electron chi connectivity index (χ0n) is 16.3. The summed E-state index contributed by atoms with van der Waals surface area (Å²) in [7, 11) is 0. The molecule has 0 amide bonds. The van der Waals surface area contributed by atoms with Crippen LogP contribution in [0.2, 0.25) is 0 Å². The first-order valence-corrected chi connectivity index (χ1v) is 10.3. The summed E-state index contributed by atoms with van der Waals surface area (Å²) in [5, 5.41) is 14.6. The highest BCUT2D eigenvalue weighted by Crippen LogP contribution is 2.57. The fourth-order valence-corrected chi connectivity index (χ4v) is 5.50. The monoisotopic (exact) mass is 378 g/mol. The Balaban J connectivity index is 1.71. The molecular formula is C27H22O2. The maximum atomic E-state index is 12.5. The largest absolute Gasteiger partial charge is 0.456 e. The van der Waals surface area contributed by atoms with Crippen molar-refractivity contribution in [1.82, 2.24) is 0 Å². The van der Waals surface area contributed by atoms with Gasteiger partial charge in [-0.3, -0.25) is 0 Å². The number of hydrogen-bond donors (Lipinski definition) is 1. The van der Waals surface area contributed by atoms with Crippen molar-refractivity contribution in [3.8, 4) is 0 Å². The summed E-state index contributed by atoms with van der Waals surface area (Å²) in [6.07, 6.45) is 7.47. The van der Waals surface area contributed by atoms with Crippen LogP contribution in [0.1, 0.15) is 30.0 Å². The van der Waals surface area contributed by atoms with Crippen LogP contribution in [-0.4, -0.2) is 5.11 Å². The van der Waals surface area contributed by atoms with Gasteiger partial charge in [0.2, 0.25) is 0 Å². The van der Waals surface area contributed by atoms with Gasteiger partial charge in [-0.1, -0.05) is 85.8 Å². The summed E-state index contributed by atoms with van der Waals surface area (Å²) in [6.45, 7) is 2.24. The number of hydrogen-bond acceptors (Lipinski definition) is 2. The Hall–Kier alpha value is -3.10. The quantitative estimate of drug-likeness (QED) is 0.414. The Labute approximate surface area is 169 Å². The van der Waals surface area contributed by atoms with E-state index in [9.17, 15) is 5.11 Å². The zero-order chi connectivity index (χ0) is 19.6. The molecule has 0 fully saturated rings. The topological polar surface area (TPSA) is 33.4 Å². The van der Waals surface area contributed by atoms with Crippen molar-refractivity contribution >= 4 is 27.5 Å². The minimum atomic E-state index is -1.12. The van der Waals surface area contributed by atoms with Crippen molar-refractivity contribution < 1.29 is 9.52 Å². The Morgan fingerprint density at radius 2 is 1.66 bits per heavy atom. The van der Waals surface area contributed by atoms with E-state index in [1.54, 1.807) is 0 Å². The van der Waals surface area contributed by atoms with Gasteiger partial charge in [-0.15, -0.1) is 0 Å². The number of fused-ring (bicyclic) bond motifs is 6. The molecule has 0 bridgehead atoms. The van der Waals surface area contributed by atoms with Gasteiger partial charge in [-0.05, 0) is 35.1 Å². The highest BCUT2D eigenvalue weighted by molar-refractivity contribution is 6.06. The molecule has 2 aliphatic rings. The van der Waals surface area contributed by atoms with E-state index in [-0.39, 0.29) is 5.92 Å². The van der Waals surface area contributed by atoms with Gasteiger partial charge in [0.05, 0.1) is 0 Å². The average molecular weight is 378 g/mol. The highest BCUT2D eigenvalue weighted by atomic mass is 16.3. The van der Waals surface area contributed by atoms with Crippen LogP contribution >= 0.6 is 0 Å². The Kier molecular flexibility index (Phi) is 3.45. The number of furan rings is 1.